The molecule has 0 saturated heterocycles. The number of carboxylic acids is 1. The number of carbonyl (C=O) groups excluding carboxylic acids is 1. The first kappa shape index (κ1) is 22.9. The normalized spacial score (nSPS) is 10.5. The van der Waals surface area contributed by atoms with Crippen LogP contribution in [-0.4, -0.2) is 42.2 Å². The third kappa shape index (κ3) is 7.65. The van der Waals surface area contributed by atoms with Crippen LogP contribution in [-0.2, 0) is 16.0 Å². The van der Waals surface area contributed by atoms with Gasteiger partial charge in [0.15, 0.2) is 0 Å². The largest absolute Gasteiger partial charge is 0.490 e. The SMILES string of the molecule is Cc1ccccc1CCC(=O)Nc1cnccc1N(C)C.O=C(O)C(F)(F)F. The lowest BCUT2D eigenvalue weighted by Gasteiger charge is -2.17. The predicted molar refractivity (Wildman–Crippen MR) is 100 cm³/mol. The number of nitrogens with zero attached hydrogens (tertiary/aromatic N) is 2. The Hall–Kier alpha value is -3.10. The summed E-state index contributed by atoms with van der Waals surface area (Å²) >= 11 is 0. The number of carbonyl (C=O) groups is 2. The van der Waals surface area contributed by atoms with E-state index in [1.54, 1.807) is 12.4 Å². The monoisotopic (exact) mass is 397 g/mol. The Bertz CT molecular complexity index is 808. The van der Waals surface area contributed by atoms with E-state index in [2.05, 4.69) is 29.4 Å². The van der Waals surface area contributed by atoms with Crippen molar-refractivity contribution in [1.29, 1.82) is 0 Å². The number of nitrogens with one attached hydrogen (secondary N) is 1. The molecule has 0 aliphatic rings. The highest BCUT2D eigenvalue weighted by molar-refractivity contribution is 5.94. The highest BCUT2D eigenvalue weighted by Crippen LogP contribution is 2.22. The van der Waals surface area contributed by atoms with Gasteiger partial charge in [0.2, 0.25) is 5.91 Å². The lowest BCUT2D eigenvalue weighted by molar-refractivity contribution is -0.192. The smallest absolute Gasteiger partial charge is 0.475 e. The minimum Gasteiger partial charge on any atom is -0.475 e. The van der Waals surface area contributed by atoms with Crippen LogP contribution in [0.4, 0.5) is 24.5 Å². The van der Waals surface area contributed by atoms with Crippen molar-refractivity contribution in [3.8, 4) is 0 Å². The molecule has 1 aromatic heterocycles. The summed E-state index contributed by atoms with van der Waals surface area (Å²) in [7, 11) is 3.89. The van der Waals surface area contributed by atoms with E-state index in [9.17, 15) is 18.0 Å². The molecule has 0 radical (unpaired) electrons. The summed E-state index contributed by atoms with van der Waals surface area (Å²) < 4.78 is 31.7. The van der Waals surface area contributed by atoms with Crippen LogP contribution < -0.4 is 10.2 Å². The van der Waals surface area contributed by atoms with Gasteiger partial charge in [-0.3, -0.25) is 9.78 Å². The van der Waals surface area contributed by atoms with Crippen molar-refractivity contribution in [2.75, 3.05) is 24.3 Å². The van der Waals surface area contributed by atoms with E-state index in [-0.39, 0.29) is 5.91 Å². The van der Waals surface area contributed by atoms with Crippen LogP contribution in [0.5, 0.6) is 0 Å². The predicted octanol–water partition coefficient (Wildman–Crippen LogP) is 3.66. The van der Waals surface area contributed by atoms with E-state index >= 15 is 0 Å². The molecule has 2 rings (SSSR count). The summed E-state index contributed by atoms with van der Waals surface area (Å²) in [6, 6.07) is 10.0. The number of benzene rings is 1. The van der Waals surface area contributed by atoms with E-state index in [4.69, 9.17) is 9.90 Å². The zero-order valence-corrected chi connectivity index (χ0v) is 15.7. The summed E-state index contributed by atoms with van der Waals surface area (Å²) in [6.45, 7) is 2.07. The second kappa shape index (κ2) is 10.3. The quantitative estimate of drug-likeness (QED) is 0.805. The van der Waals surface area contributed by atoms with Crippen molar-refractivity contribution >= 4 is 23.3 Å². The van der Waals surface area contributed by atoms with Crippen LogP contribution in [0.3, 0.4) is 0 Å². The average molecular weight is 397 g/mol. The van der Waals surface area contributed by atoms with Gasteiger partial charge in [-0.2, -0.15) is 13.2 Å². The van der Waals surface area contributed by atoms with Crippen molar-refractivity contribution < 1.29 is 27.9 Å². The standard InChI is InChI=1S/C17H21N3O.C2HF3O2/c1-13-6-4-5-7-14(13)8-9-17(21)19-15-12-18-11-10-16(15)20(2)3;3-2(4,5)1(6)7/h4-7,10-12H,8-9H2,1-3H3,(H,19,21);(H,6,7). The number of hydrogen-bond acceptors (Lipinski definition) is 4. The Morgan fingerprint density at radius 1 is 1.18 bits per heavy atom. The lowest BCUT2D eigenvalue weighted by Crippen LogP contribution is -2.21. The van der Waals surface area contributed by atoms with Crippen LogP contribution in [0, 0.1) is 6.92 Å². The van der Waals surface area contributed by atoms with Crippen LogP contribution in [0.15, 0.2) is 42.7 Å². The molecule has 1 amide bonds. The van der Waals surface area contributed by atoms with Crippen LogP contribution >= 0.6 is 0 Å². The Morgan fingerprint density at radius 2 is 1.79 bits per heavy atom. The van der Waals surface area contributed by atoms with Gasteiger partial charge in [0.1, 0.15) is 0 Å². The maximum atomic E-state index is 12.1. The molecule has 1 aromatic carbocycles. The molecule has 0 saturated carbocycles. The fourth-order valence-corrected chi connectivity index (χ4v) is 2.22. The van der Waals surface area contributed by atoms with Gasteiger partial charge in [-0.05, 0) is 30.5 Å². The average Bonchev–Trinajstić information content (AvgIpc) is 2.61. The van der Waals surface area contributed by atoms with Gasteiger partial charge in [0.25, 0.3) is 0 Å². The maximum absolute atomic E-state index is 12.1. The minimum absolute atomic E-state index is 0.00866. The third-order valence-electron chi connectivity index (χ3n) is 3.68. The van der Waals surface area contributed by atoms with Crippen molar-refractivity contribution in [1.82, 2.24) is 4.98 Å². The first-order chi connectivity index (χ1) is 13.0. The van der Waals surface area contributed by atoms with E-state index < -0.39 is 12.1 Å². The molecule has 0 aliphatic heterocycles. The first-order valence-electron chi connectivity index (χ1n) is 8.28. The molecule has 0 fully saturated rings. The number of halogens is 3. The second-order valence-corrected chi connectivity index (χ2v) is 6.06. The number of aromatic nitrogens is 1. The molecule has 152 valence electrons. The number of aryl methyl sites for hydroxylation is 2. The number of anilines is 2. The number of hydrogen-bond donors (Lipinski definition) is 2. The van der Waals surface area contributed by atoms with Gasteiger partial charge < -0.3 is 15.3 Å². The summed E-state index contributed by atoms with van der Waals surface area (Å²) in [4.78, 5) is 27.0. The molecular formula is C19H22F3N3O3. The number of carboxylic acid groups (broad SMARTS) is 1. The molecule has 28 heavy (non-hydrogen) atoms. The number of amides is 1. The Morgan fingerprint density at radius 3 is 2.32 bits per heavy atom. The van der Waals surface area contributed by atoms with Crippen molar-refractivity contribution in [2.24, 2.45) is 0 Å². The summed E-state index contributed by atoms with van der Waals surface area (Å²) in [5.74, 6) is -2.75. The zero-order valence-electron chi connectivity index (χ0n) is 15.7. The van der Waals surface area contributed by atoms with Crippen molar-refractivity contribution in [3.05, 3.63) is 53.9 Å². The topological polar surface area (TPSA) is 82.5 Å². The zero-order chi connectivity index (χ0) is 21.3. The summed E-state index contributed by atoms with van der Waals surface area (Å²) in [6.07, 6.45) is -0.470. The van der Waals surface area contributed by atoms with Crippen LogP contribution in [0.2, 0.25) is 0 Å². The molecule has 2 N–H and O–H groups in total. The first-order valence-corrected chi connectivity index (χ1v) is 8.28. The van der Waals surface area contributed by atoms with E-state index in [0.717, 1.165) is 17.8 Å². The number of pyridine rings is 1. The molecule has 0 unspecified atom stereocenters. The van der Waals surface area contributed by atoms with Gasteiger partial charge in [0, 0.05) is 26.7 Å². The molecule has 1 heterocycles. The van der Waals surface area contributed by atoms with Crippen LogP contribution in [0.1, 0.15) is 17.5 Å². The molecule has 0 bridgehead atoms. The maximum Gasteiger partial charge on any atom is 0.490 e. The van der Waals surface area contributed by atoms with Gasteiger partial charge in [-0.15, -0.1) is 0 Å². The Kier molecular flexibility index (Phi) is 8.43. The van der Waals surface area contributed by atoms with Gasteiger partial charge in [-0.1, -0.05) is 24.3 Å². The third-order valence-corrected chi connectivity index (χ3v) is 3.68. The number of rotatable bonds is 5. The van der Waals surface area contributed by atoms with Gasteiger partial charge >= 0.3 is 12.1 Å². The molecule has 0 atom stereocenters. The molecule has 0 aliphatic carbocycles. The summed E-state index contributed by atoms with van der Waals surface area (Å²) in [5.41, 5.74) is 4.14. The molecule has 6 nitrogen and oxygen atoms in total. The molecular weight excluding hydrogens is 375 g/mol. The van der Waals surface area contributed by atoms with E-state index in [0.29, 0.717) is 6.42 Å². The number of alkyl halides is 3. The highest BCUT2D eigenvalue weighted by Gasteiger charge is 2.38. The highest BCUT2D eigenvalue weighted by atomic mass is 19.4. The lowest BCUT2D eigenvalue weighted by atomic mass is 10.0. The summed E-state index contributed by atoms with van der Waals surface area (Å²) in [5, 5.41) is 10.1. The van der Waals surface area contributed by atoms with Gasteiger partial charge in [-0.25, -0.2) is 4.79 Å². The second-order valence-electron chi connectivity index (χ2n) is 6.06. The van der Waals surface area contributed by atoms with E-state index in [1.165, 1.54) is 11.1 Å². The number of aliphatic carboxylic acids is 1. The van der Waals surface area contributed by atoms with Crippen LogP contribution in [0.25, 0.3) is 0 Å². The molecule has 0 spiro atoms. The molecule has 2 aromatic rings. The van der Waals surface area contributed by atoms with Gasteiger partial charge in [0.05, 0.1) is 17.6 Å². The Labute approximate surface area is 161 Å². The minimum atomic E-state index is -5.08. The van der Waals surface area contributed by atoms with E-state index in [1.807, 2.05) is 37.2 Å². The van der Waals surface area contributed by atoms with Crippen molar-refractivity contribution in [3.63, 3.8) is 0 Å². The molecule has 9 heteroatoms. The van der Waals surface area contributed by atoms with Crippen molar-refractivity contribution in [2.45, 2.75) is 25.9 Å². The fraction of sp³-hybridized carbons (Fsp3) is 0.316. The fourth-order valence-electron chi connectivity index (χ4n) is 2.22. The Balaban J connectivity index is 0.000000480.